The van der Waals surface area contributed by atoms with Crippen molar-refractivity contribution in [2.45, 2.75) is 26.0 Å². The van der Waals surface area contributed by atoms with E-state index in [2.05, 4.69) is 5.32 Å². The summed E-state index contributed by atoms with van der Waals surface area (Å²) in [6.07, 6.45) is -0.532. The molecule has 2 aromatic rings. The molecular weight excluding hydrogens is 238 g/mol. The normalized spacial score (nSPS) is 14.3. The Morgan fingerprint density at radius 3 is 2.47 bits per heavy atom. The van der Waals surface area contributed by atoms with E-state index >= 15 is 0 Å². The largest absolute Gasteiger partial charge is 0.496 e. The van der Waals surface area contributed by atoms with E-state index in [9.17, 15) is 5.11 Å². The van der Waals surface area contributed by atoms with Gasteiger partial charge in [0.1, 0.15) is 5.75 Å². The fourth-order valence-corrected chi connectivity index (χ4v) is 2.43. The Morgan fingerprint density at radius 1 is 1.16 bits per heavy atom. The van der Waals surface area contributed by atoms with E-state index in [-0.39, 0.29) is 6.04 Å². The summed E-state index contributed by atoms with van der Waals surface area (Å²) in [5.74, 6) is 0.836. The van der Waals surface area contributed by atoms with Gasteiger partial charge in [-0.1, -0.05) is 37.3 Å². The van der Waals surface area contributed by atoms with Crippen LogP contribution in [-0.4, -0.2) is 24.8 Å². The first kappa shape index (κ1) is 13.8. The summed E-state index contributed by atoms with van der Waals surface area (Å²) in [4.78, 5) is 0. The maximum absolute atomic E-state index is 10.5. The molecule has 0 amide bonds. The molecule has 0 aliphatic carbocycles. The van der Waals surface area contributed by atoms with Crippen LogP contribution < -0.4 is 10.1 Å². The van der Waals surface area contributed by atoms with Crippen LogP contribution in [0.3, 0.4) is 0 Å². The van der Waals surface area contributed by atoms with Crippen molar-refractivity contribution in [1.82, 2.24) is 5.32 Å². The van der Waals surface area contributed by atoms with Crippen LogP contribution in [0.1, 0.15) is 25.5 Å². The maximum Gasteiger partial charge on any atom is 0.126 e. The van der Waals surface area contributed by atoms with E-state index < -0.39 is 6.10 Å². The lowest BCUT2D eigenvalue weighted by Gasteiger charge is -2.22. The third-order valence-corrected chi connectivity index (χ3v) is 3.46. The molecule has 3 heteroatoms. The van der Waals surface area contributed by atoms with Gasteiger partial charge < -0.3 is 15.2 Å². The highest BCUT2D eigenvalue weighted by Gasteiger charge is 2.18. The predicted molar refractivity (Wildman–Crippen MR) is 78.6 cm³/mol. The second-order valence-electron chi connectivity index (χ2n) is 4.69. The molecule has 2 unspecified atom stereocenters. The Balaban J connectivity index is 2.50. The van der Waals surface area contributed by atoms with Crippen molar-refractivity contribution < 1.29 is 9.84 Å². The number of aliphatic hydroxyl groups is 1. The molecule has 0 fully saturated rings. The van der Waals surface area contributed by atoms with E-state index in [1.165, 1.54) is 0 Å². The number of likely N-dealkylation sites (N-methyl/N-ethyl adjacent to an activating group) is 1. The molecule has 0 saturated heterocycles. The van der Waals surface area contributed by atoms with Crippen molar-refractivity contribution in [2.24, 2.45) is 0 Å². The van der Waals surface area contributed by atoms with Crippen LogP contribution >= 0.6 is 0 Å². The third kappa shape index (κ3) is 2.72. The topological polar surface area (TPSA) is 41.5 Å². The van der Waals surface area contributed by atoms with Gasteiger partial charge in [-0.05, 0) is 30.5 Å². The third-order valence-electron chi connectivity index (χ3n) is 3.46. The summed E-state index contributed by atoms with van der Waals surface area (Å²) in [7, 11) is 1.67. The van der Waals surface area contributed by atoms with Crippen LogP contribution in [0.25, 0.3) is 10.8 Å². The average molecular weight is 259 g/mol. The minimum atomic E-state index is -0.532. The SMILES string of the molecule is CCNC(C)C(O)c1ccc(OC)c2ccccc12. The van der Waals surface area contributed by atoms with Gasteiger partial charge in [-0.15, -0.1) is 0 Å². The average Bonchev–Trinajstić information content (AvgIpc) is 2.45. The van der Waals surface area contributed by atoms with Crippen molar-refractivity contribution in [2.75, 3.05) is 13.7 Å². The summed E-state index contributed by atoms with van der Waals surface area (Å²) >= 11 is 0. The predicted octanol–water partition coefficient (Wildman–Crippen LogP) is 2.88. The number of ether oxygens (including phenoxy) is 1. The maximum atomic E-state index is 10.5. The Labute approximate surface area is 114 Å². The minimum absolute atomic E-state index is 0.0156. The quantitative estimate of drug-likeness (QED) is 0.867. The summed E-state index contributed by atoms with van der Waals surface area (Å²) < 4.78 is 5.37. The monoisotopic (exact) mass is 259 g/mol. The van der Waals surface area contributed by atoms with Crippen LogP contribution in [0.15, 0.2) is 36.4 Å². The van der Waals surface area contributed by atoms with Crippen molar-refractivity contribution in [3.63, 3.8) is 0 Å². The van der Waals surface area contributed by atoms with Gasteiger partial charge in [-0.2, -0.15) is 0 Å². The second-order valence-corrected chi connectivity index (χ2v) is 4.69. The molecule has 2 rings (SSSR count). The van der Waals surface area contributed by atoms with Gasteiger partial charge in [0.25, 0.3) is 0 Å². The number of methoxy groups -OCH3 is 1. The second kappa shape index (κ2) is 6.04. The lowest BCUT2D eigenvalue weighted by molar-refractivity contribution is 0.138. The molecule has 0 saturated carbocycles. The number of fused-ring (bicyclic) bond motifs is 1. The molecule has 102 valence electrons. The van der Waals surface area contributed by atoms with Crippen molar-refractivity contribution >= 4 is 10.8 Å². The standard InChI is InChI=1S/C16H21NO2/c1-4-17-11(2)16(18)14-9-10-15(19-3)13-8-6-5-7-12(13)14/h5-11,16-18H,4H2,1-3H3. The summed E-state index contributed by atoms with van der Waals surface area (Å²) in [5.41, 5.74) is 0.935. The first-order valence-electron chi connectivity index (χ1n) is 6.66. The lowest BCUT2D eigenvalue weighted by Crippen LogP contribution is -2.31. The first-order chi connectivity index (χ1) is 9.19. The Bertz CT molecular complexity index is 553. The number of aliphatic hydroxyl groups excluding tert-OH is 1. The van der Waals surface area contributed by atoms with Gasteiger partial charge >= 0.3 is 0 Å². The molecule has 3 nitrogen and oxygen atoms in total. The van der Waals surface area contributed by atoms with Crippen LogP contribution in [0.5, 0.6) is 5.75 Å². The van der Waals surface area contributed by atoms with Crippen LogP contribution in [0.4, 0.5) is 0 Å². The highest BCUT2D eigenvalue weighted by Crippen LogP contribution is 2.32. The van der Waals surface area contributed by atoms with Gasteiger partial charge in [0, 0.05) is 11.4 Å². The van der Waals surface area contributed by atoms with Crippen molar-refractivity contribution in [1.29, 1.82) is 0 Å². The zero-order valence-electron chi connectivity index (χ0n) is 11.7. The number of nitrogens with one attached hydrogen (secondary N) is 1. The van der Waals surface area contributed by atoms with Gasteiger partial charge in [-0.25, -0.2) is 0 Å². The van der Waals surface area contributed by atoms with Crippen molar-refractivity contribution in [3.8, 4) is 5.75 Å². The Hall–Kier alpha value is -1.58. The van der Waals surface area contributed by atoms with E-state index in [4.69, 9.17) is 4.74 Å². The van der Waals surface area contributed by atoms with Gasteiger partial charge in [0.2, 0.25) is 0 Å². The fourth-order valence-electron chi connectivity index (χ4n) is 2.43. The molecule has 2 N–H and O–H groups in total. The number of rotatable bonds is 5. The Morgan fingerprint density at radius 2 is 1.84 bits per heavy atom. The zero-order valence-corrected chi connectivity index (χ0v) is 11.7. The van der Waals surface area contributed by atoms with Crippen molar-refractivity contribution in [3.05, 3.63) is 42.0 Å². The van der Waals surface area contributed by atoms with Gasteiger partial charge in [-0.3, -0.25) is 0 Å². The Kier molecular flexibility index (Phi) is 4.40. The van der Waals surface area contributed by atoms with Crippen LogP contribution in [-0.2, 0) is 0 Å². The molecule has 0 aliphatic heterocycles. The fraction of sp³-hybridized carbons (Fsp3) is 0.375. The number of hydrogen-bond acceptors (Lipinski definition) is 3. The van der Waals surface area contributed by atoms with E-state index in [0.717, 1.165) is 28.6 Å². The summed E-state index contributed by atoms with van der Waals surface area (Å²) in [6.45, 7) is 4.87. The molecule has 0 aromatic heterocycles. The molecule has 2 atom stereocenters. The summed E-state index contributed by atoms with van der Waals surface area (Å²) in [6, 6.07) is 11.9. The summed E-state index contributed by atoms with van der Waals surface area (Å²) in [5, 5.41) is 15.8. The number of hydrogen-bond donors (Lipinski definition) is 2. The molecule has 0 bridgehead atoms. The van der Waals surface area contributed by atoms with E-state index in [1.54, 1.807) is 7.11 Å². The molecular formula is C16H21NO2. The smallest absolute Gasteiger partial charge is 0.126 e. The van der Waals surface area contributed by atoms with E-state index in [0.29, 0.717) is 0 Å². The van der Waals surface area contributed by atoms with Crippen LogP contribution in [0, 0.1) is 0 Å². The molecule has 0 heterocycles. The molecule has 0 radical (unpaired) electrons. The highest BCUT2D eigenvalue weighted by atomic mass is 16.5. The van der Waals surface area contributed by atoms with Crippen LogP contribution in [0.2, 0.25) is 0 Å². The zero-order chi connectivity index (χ0) is 13.8. The molecule has 0 aliphatic rings. The molecule has 19 heavy (non-hydrogen) atoms. The molecule has 0 spiro atoms. The van der Waals surface area contributed by atoms with Gasteiger partial charge in [0.15, 0.2) is 0 Å². The minimum Gasteiger partial charge on any atom is -0.496 e. The number of benzene rings is 2. The highest BCUT2D eigenvalue weighted by molar-refractivity contribution is 5.91. The first-order valence-corrected chi connectivity index (χ1v) is 6.66. The lowest BCUT2D eigenvalue weighted by atomic mass is 9.96. The molecule has 2 aromatic carbocycles. The van der Waals surface area contributed by atoms with E-state index in [1.807, 2.05) is 50.2 Å². The van der Waals surface area contributed by atoms with Gasteiger partial charge in [0.05, 0.1) is 13.2 Å².